The van der Waals surface area contributed by atoms with E-state index in [9.17, 15) is 4.79 Å². The Labute approximate surface area is 190 Å². The van der Waals surface area contributed by atoms with Gasteiger partial charge in [0.25, 0.3) is 5.91 Å². The van der Waals surface area contributed by atoms with Crippen molar-refractivity contribution >= 4 is 52.1 Å². The van der Waals surface area contributed by atoms with E-state index in [-0.39, 0.29) is 11.0 Å². The minimum Gasteiger partial charge on any atom is -0.481 e. The number of amides is 1. The highest BCUT2D eigenvalue weighted by molar-refractivity contribution is 7.80. The first-order chi connectivity index (χ1) is 14.4. The molecule has 3 rings (SSSR count). The normalized spacial score (nSPS) is 11.3. The number of hydrazine groups is 1. The van der Waals surface area contributed by atoms with Gasteiger partial charge in [0.05, 0.1) is 0 Å². The summed E-state index contributed by atoms with van der Waals surface area (Å²) < 4.78 is 5.70. The van der Waals surface area contributed by atoms with Crippen LogP contribution in [-0.2, 0) is 4.79 Å². The molecule has 0 aliphatic carbocycles. The number of benzene rings is 3. The lowest BCUT2D eigenvalue weighted by atomic mass is 10.1. The summed E-state index contributed by atoms with van der Waals surface area (Å²) in [4.78, 5) is 12.3. The molecule has 0 saturated heterocycles. The Balaban J connectivity index is 1.49. The highest BCUT2D eigenvalue weighted by Crippen LogP contribution is 2.23. The summed E-state index contributed by atoms with van der Waals surface area (Å²) in [5.74, 6) is 0.210. The maximum atomic E-state index is 12.3. The summed E-state index contributed by atoms with van der Waals surface area (Å²) in [5.41, 5.74) is 7.91. The summed E-state index contributed by atoms with van der Waals surface area (Å²) in [7, 11) is 0. The lowest BCUT2D eigenvalue weighted by molar-refractivity contribution is -0.127. The van der Waals surface area contributed by atoms with Crippen LogP contribution >= 0.6 is 35.4 Å². The van der Waals surface area contributed by atoms with Crippen molar-refractivity contribution in [1.29, 1.82) is 0 Å². The molecule has 0 spiro atoms. The maximum absolute atomic E-state index is 12.3. The van der Waals surface area contributed by atoms with Crippen molar-refractivity contribution in [2.75, 3.05) is 5.32 Å². The van der Waals surface area contributed by atoms with Crippen LogP contribution < -0.4 is 20.9 Å². The van der Waals surface area contributed by atoms with Crippen molar-refractivity contribution < 1.29 is 9.53 Å². The van der Waals surface area contributed by atoms with E-state index >= 15 is 0 Å². The van der Waals surface area contributed by atoms with E-state index in [4.69, 9.17) is 40.2 Å². The van der Waals surface area contributed by atoms with Crippen molar-refractivity contribution in [2.45, 2.75) is 13.0 Å². The number of hydrogen-bond donors (Lipinski definition) is 3. The van der Waals surface area contributed by atoms with Gasteiger partial charge in [0.2, 0.25) is 0 Å². The Kier molecular flexibility index (Phi) is 7.52. The zero-order chi connectivity index (χ0) is 21.5. The van der Waals surface area contributed by atoms with Gasteiger partial charge < -0.3 is 10.1 Å². The fourth-order valence-corrected chi connectivity index (χ4v) is 3.32. The van der Waals surface area contributed by atoms with E-state index in [1.807, 2.05) is 54.6 Å². The minimum atomic E-state index is -0.733. The molecule has 3 N–H and O–H groups in total. The maximum Gasteiger partial charge on any atom is 0.279 e. The van der Waals surface area contributed by atoms with Gasteiger partial charge in [0, 0.05) is 15.7 Å². The summed E-state index contributed by atoms with van der Waals surface area (Å²) in [5, 5.41) is 4.01. The van der Waals surface area contributed by atoms with Crippen molar-refractivity contribution in [3.8, 4) is 16.9 Å². The van der Waals surface area contributed by atoms with Crippen LogP contribution in [0.3, 0.4) is 0 Å². The third-order valence-electron chi connectivity index (χ3n) is 4.06. The average molecular weight is 460 g/mol. The lowest BCUT2D eigenvalue weighted by Crippen LogP contribution is -2.48. The Morgan fingerprint density at radius 1 is 0.900 bits per heavy atom. The fourth-order valence-electron chi connectivity index (χ4n) is 2.62. The number of hydrogen-bond acceptors (Lipinski definition) is 3. The van der Waals surface area contributed by atoms with Gasteiger partial charge in [-0.15, -0.1) is 0 Å². The van der Waals surface area contributed by atoms with E-state index in [1.165, 1.54) is 0 Å². The third-order valence-corrected chi connectivity index (χ3v) is 4.70. The largest absolute Gasteiger partial charge is 0.481 e. The Bertz CT molecular complexity index is 1010. The van der Waals surface area contributed by atoms with E-state index in [0.29, 0.717) is 21.5 Å². The molecule has 3 aromatic carbocycles. The zero-order valence-corrected chi connectivity index (χ0v) is 18.3. The smallest absolute Gasteiger partial charge is 0.279 e. The van der Waals surface area contributed by atoms with E-state index in [1.54, 1.807) is 25.1 Å². The first-order valence-corrected chi connectivity index (χ1v) is 10.2. The molecule has 0 radical (unpaired) electrons. The van der Waals surface area contributed by atoms with Crippen LogP contribution in [0.1, 0.15) is 6.92 Å². The molecule has 0 aliphatic rings. The van der Waals surface area contributed by atoms with Crippen molar-refractivity contribution in [1.82, 2.24) is 10.9 Å². The number of carbonyl (C=O) groups is 1. The summed E-state index contributed by atoms with van der Waals surface area (Å²) in [6.07, 6.45) is -0.733. The molecule has 5 nitrogen and oxygen atoms in total. The number of carbonyl (C=O) groups excluding carboxylic acids is 1. The highest BCUT2D eigenvalue weighted by atomic mass is 35.5. The molecule has 3 aromatic rings. The molecular formula is C22H19Cl2N3O2S. The number of rotatable bonds is 5. The topological polar surface area (TPSA) is 62.4 Å². The quantitative estimate of drug-likeness (QED) is 0.349. The van der Waals surface area contributed by atoms with Crippen molar-refractivity contribution in [2.24, 2.45) is 0 Å². The Morgan fingerprint density at radius 3 is 2.13 bits per heavy atom. The molecule has 0 aromatic heterocycles. The van der Waals surface area contributed by atoms with Crippen molar-refractivity contribution in [3.63, 3.8) is 0 Å². The van der Waals surface area contributed by atoms with Gasteiger partial charge in [0.15, 0.2) is 11.2 Å². The molecule has 30 heavy (non-hydrogen) atoms. The molecule has 0 fully saturated rings. The van der Waals surface area contributed by atoms with Crippen LogP contribution in [0.5, 0.6) is 5.75 Å². The van der Waals surface area contributed by atoms with Crippen molar-refractivity contribution in [3.05, 3.63) is 82.8 Å². The molecule has 154 valence electrons. The molecule has 0 bridgehead atoms. The molecule has 1 amide bonds. The Morgan fingerprint density at radius 2 is 1.50 bits per heavy atom. The first kappa shape index (κ1) is 21.9. The predicted molar refractivity (Wildman–Crippen MR) is 126 cm³/mol. The van der Waals surface area contributed by atoms with Gasteiger partial charge in [-0.2, -0.15) is 0 Å². The number of halogens is 2. The molecule has 1 atom stereocenters. The second-order valence-electron chi connectivity index (χ2n) is 6.38. The van der Waals surface area contributed by atoms with Gasteiger partial charge >= 0.3 is 0 Å². The van der Waals surface area contributed by atoms with Crippen LogP contribution in [0.25, 0.3) is 11.1 Å². The van der Waals surface area contributed by atoms with Crippen LogP contribution in [0, 0.1) is 0 Å². The van der Waals surface area contributed by atoms with Gasteiger partial charge in [-0.05, 0) is 60.6 Å². The predicted octanol–water partition coefficient (Wildman–Crippen LogP) is 5.45. The zero-order valence-electron chi connectivity index (χ0n) is 16.0. The van der Waals surface area contributed by atoms with Gasteiger partial charge in [-0.1, -0.05) is 65.7 Å². The highest BCUT2D eigenvalue weighted by Gasteiger charge is 2.15. The van der Waals surface area contributed by atoms with E-state index in [2.05, 4.69) is 16.2 Å². The third kappa shape index (κ3) is 6.35. The first-order valence-electron chi connectivity index (χ1n) is 9.06. The minimum absolute atomic E-state index is 0.182. The van der Waals surface area contributed by atoms with Gasteiger partial charge in [0.1, 0.15) is 5.75 Å². The second-order valence-corrected chi connectivity index (χ2v) is 7.66. The second kappa shape index (κ2) is 10.3. The van der Waals surface area contributed by atoms with Crippen LogP contribution in [-0.4, -0.2) is 17.1 Å². The summed E-state index contributed by atoms with van der Waals surface area (Å²) >= 11 is 17.1. The molecular weight excluding hydrogens is 441 g/mol. The number of thiocarbonyl (C=S) groups is 1. The average Bonchev–Trinajstić information content (AvgIpc) is 2.72. The monoisotopic (exact) mass is 459 g/mol. The number of nitrogens with one attached hydrogen (secondary N) is 3. The van der Waals surface area contributed by atoms with E-state index in [0.717, 1.165) is 11.1 Å². The van der Waals surface area contributed by atoms with Gasteiger partial charge in [-0.3, -0.25) is 15.6 Å². The van der Waals surface area contributed by atoms with Crippen LogP contribution in [0.4, 0.5) is 5.69 Å². The molecule has 0 heterocycles. The Hall–Kier alpha value is -2.80. The SMILES string of the molecule is CC(Oc1ccc(-c2ccccc2)cc1)C(=O)NNC(=S)Nc1cc(Cl)cc(Cl)c1. The molecule has 0 saturated carbocycles. The molecule has 0 aliphatic heterocycles. The van der Waals surface area contributed by atoms with E-state index < -0.39 is 6.10 Å². The lowest BCUT2D eigenvalue weighted by Gasteiger charge is -2.17. The summed E-state index contributed by atoms with van der Waals surface area (Å²) in [6, 6.07) is 22.5. The number of ether oxygens (including phenoxy) is 1. The standard InChI is InChI=1S/C22H19Cl2N3O2S/c1-14(29-20-9-7-16(8-10-20)15-5-3-2-4-6-15)21(28)26-27-22(30)25-19-12-17(23)11-18(24)13-19/h2-14H,1H3,(H,26,28)(H2,25,27,30). The summed E-state index contributed by atoms with van der Waals surface area (Å²) in [6.45, 7) is 1.65. The molecule has 1 unspecified atom stereocenters. The molecule has 8 heteroatoms. The van der Waals surface area contributed by atoms with Crippen LogP contribution in [0.15, 0.2) is 72.8 Å². The number of anilines is 1. The van der Waals surface area contributed by atoms with Gasteiger partial charge in [-0.25, -0.2) is 0 Å². The fraction of sp³-hybridized carbons (Fsp3) is 0.0909. The van der Waals surface area contributed by atoms with Crippen LogP contribution in [0.2, 0.25) is 10.0 Å².